The van der Waals surface area contributed by atoms with Crippen molar-refractivity contribution in [1.82, 2.24) is 9.97 Å². The summed E-state index contributed by atoms with van der Waals surface area (Å²) in [6.45, 7) is 4.05. The van der Waals surface area contributed by atoms with Gasteiger partial charge in [0.15, 0.2) is 0 Å². The molecule has 0 saturated heterocycles. The topological polar surface area (TPSA) is 68.9 Å². The summed E-state index contributed by atoms with van der Waals surface area (Å²) in [6, 6.07) is 10.4. The minimum Gasteiger partial charge on any atom is -0.370 e. The van der Waals surface area contributed by atoms with Crippen molar-refractivity contribution in [3.8, 4) is 11.1 Å². The normalized spacial score (nSPS) is 11.1. The van der Waals surface area contributed by atoms with Crippen LogP contribution in [0.25, 0.3) is 21.3 Å². The fourth-order valence-corrected chi connectivity index (χ4v) is 4.83. The zero-order valence-electron chi connectivity index (χ0n) is 13.7. The number of hydrogen-bond acceptors (Lipinski definition) is 5. The number of thiophene rings is 1. The molecule has 0 aliphatic carbocycles. The van der Waals surface area contributed by atoms with Crippen LogP contribution in [0.2, 0.25) is 0 Å². The number of benzene rings is 1. The van der Waals surface area contributed by atoms with Crippen molar-refractivity contribution >= 4 is 39.2 Å². The van der Waals surface area contributed by atoms with Crippen molar-refractivity contribution in [3.63, 3.8) is 0 Å². The molecule has 124 valence electrons. The van der Waals surface area contributed by atoms with E-state index >= 15 is 0 Å². The van der Waals surface area contributed by atoms with E-state index in [1.165, 1.54) is 16.0 Å². The first-order valence-corrected chi connectivity index (χ1v) is 9.60. The molecule has 0 aliphatic rings. The van der Waals surface area contributed by atoms with Gasteiger partial charge in [0.1, 0.15) is 15.7 Å². The number of rotatable bonds is 6. The van der Waals surface area contributed by atoms with Crippen LogP contribution in [0.3, 0.4) is 0 Å². The molecule has 0 spiro atoms. The van der Waals surface area contributed by atoms with Crippen LogP contribution < -0.4 is 5.73 Å². The average Bonchev–Trinajstić information content (AvgIpc) is 2.87. The molecule has 0 atom stereocenters. The second kappa shape index (κ2) is 7.32. The highest BCUT2D eigenvalue weighted by Gasteiger charge is 2.17. The number of aryl methyl sites for hydroxylation is 2. The van der Waals surface area contributed by atoms with Gasteiger partial charge in [0, 0.05) is 22.6 Å². The molecule has 24 heavy (non-hydrogen) atoms. The van der Waals surface area contributed by atoms with E-state index in [1.54, 1.807) is 23.1 Å². The SMILES string of the molecule is Cc1nc(SCCCC(N)=O)c2c(-c3ccccc3)c(C)sc2n1. The quantitative estimate of drug-likeness (QED) is 0.405. The van der Waals surface area contributed by atoms with Crippen LogP contribution in [0, 0.1) is 13.8 Å². The van der Waals surface area contributed by atoms with Gasteiger partial charge in [-0.1, -0.05) is 30.3 Å². The monoisotopic (exact) mass is 357 g/mol. The fourth-order valence-electron chi connectivity index (χ4n) is 2.65. The summed E-state index contributed by atoms with van der Waals surface area (Å²) >= 11 is 3.38. The minimum atomic E-state index is -0.254. The van der Waals surface area contributed by atoms with Crippen LogP contribution in [-0.2, 0) is 4.79 Å². The number of primary amides is 1. The molecule has 6 heteroatoms. The van der Waals surface area contributed by atoms with Gasteiger partial charge in [-0.2, -0.15) is 0 Å². The van der Waals surface area contributed by atoms with Crippen molar-refractivity contribution in [2.24, 2.45) is 5.73 Å². The van der Waals surface area contributed by atoms with Gasteiger partial charge in [-0.15, -0.1) is 23.1 Å². The highest BCUT2D eigenvalue weighted by Crippen LogP contribution is 2.41. The van der Waals surface area contributed by atoms with Crippen molar-refractivity contribution < 1.29 is 4.79 Å². The Balaban J connectivity index is 2.03. The number of fused-ring (bicyclic) bond motifs is 1. The smallest absolute Gasteiger partial charge is 0.217 e. The molecule has 1 aromatic carbocycles. The zero-order valence-corrected chi connectivity index (χ0v) is 15.3. The average molecular weight is 358 g/mol. The van der Waals surface area contributed by atoms with E-state index in [9.17, 15) is 4.79 Å². The second-order valence-electron chi connectivity index (χ2n) is 5.57. The number of nitrogens with two attached hydrogens (primary N) is 1. The first-order chi connectivity index (χ1) is 11.6. The van der Waals surface area contributed by atoms with Gasteiger partial charge < -0.3 is 5.73 Å². The van der Waals surface area contributed by atoms with Gasteiger partial charge >= 0.3 is 0 Å². The van der Waals surface area contributed by atoms with Crippen molar-refractivity contribution in [2.75, 3.05) is 5.75 Å². The van der Waals surface area contributed by atoms with Gasteiger partial charge in [0.05, 0.1) is 5.39 Å². The van der Waals surface area contributed by atoms with E-state index in [-0.39, 0.29) is 5.91 Å². The Bertz CT molecular complexity index is 875. The van der Waals surface area contributed by atoms with E-state index in [0.29, 0.717) is 6.42 Å². The van der Waals surface area contributed by atoms with Gasteiger partial charge in [0.25, 0.3) is 0 Å². The molecule has 2 N–H and O–H groups in total. The largest absolute Gasteiger partial charge is 0.370 e. The van der Waals surface area contributed by atoms with E-state index < -0.39 is 0 Å². The molecule has 2 aromatic heterocycles. The van der Waals surface area contributed by atoms with Crippen LogP contribution in [0.1, 0.15) is 23.5 Å². The van der Waals surface area contributed by atoms with Crippen LogP contribution in [-0.4, -0.2) is 21.6 Å². The molecular formula is C18H19N3OS2. The third kappa shape index (κ3) is 3.60. The molecule has 0 unspecified atom stereocenters. The number of nitrogens with zero attached hydrogens (tertiary/aromatic N) is 2. The fraction of sp³-hybridized carbons (Fsp3) is 0.278. The third-order valence-electron chi connectivity index (χ3n) is 3.68. The van der Waals surface area contributed by atoms with Crippen molar-refractivity contribution in [2.45, 2.75) is 31.7 Å². The maximum Gasteiger partial charge on any atom is 0.217 e. The lowest BCUT2D eigenvalue weighted by atomic mass is 10.0. The van der Waals surface area contributed by atoms with Crippen LogP contribution in [0.15, 0.2) is 35.4 Å². The number of carbonyl (C=O) groups excluding carboxylic acids is 1. The third-order valence-corrected chi connectivity index (χ3v) is 5.74. The summed E-state index contributed by atoms with van der Waals surface area (Å²) in [5.41, 5.74) is 7.62. The minimum absolute atomic E-state index is 0.254. The number of carbonyl (C=O) groups is 1. The number of thioether (sulfide) groups is 1. The Labute approximate surface area is 149 Å². The van der Waals surface area contributed by atoms with Crippen molar-refractivity contribution in [1.29, 1.82) is 0 Å². The van der Waals surface area contributed by atoms with Gasteiger partial charge in [-0.25, -0.2) is 9.97 Å². The predicted molar refractivity (Wildman–Crippen MR) is 101 cm³/mol. The standard InChI is InChI=1S/C18H19N3OS2/c1-11-15(13-7-4-3-5-8-13)16-17(23-10-6-9-14(19)22)20-12(2)21-18(16)24-11/h3-5,7-8H,6,9-10H2,1-2H3,(H2,19,22). The molecule has 2 heterocycles. The van der Waals surface area contributed by atoms with E-state index in [2.05, 4.69) is 29.0 Å². The Morgan fingerprint density at radius 1 is 1.21 bits per heavy atom. The highest BCUT2D eigenvalue weighted by atomic mass is 32.2. The maximum absolute atomic E-state index is 10.9. The zero-order chi connectivity index (χ0) is 17.1. The first-order valence-electron chi connectivity index (χ1n) is 7.80. The Morgan fingerprint density at radius 2 is 1.96 bits per heavy atom. The van der Waals surface area contributed by atoms with Crippen LogP contribution in [0.5, 0.6) is 0 Å². The molecular weight excluding hydrogens is 338 g/mol. The highest BCUT2D eigenvalue weighted by molar-refractivity contribution is 7.99. The molecule has 1 amide bonds. The lowest BCUT2D eigenvalue weighted by molar-refractivity contribution is -0.118. The molecule has 0 saturated carbocycles. The summed E-state index contributed by atoms with van der Waals surface area (Å²) in [7, 11) is 0. The van der Waals surface area contributed by atoms with E-state index in [1.807, 2.05) is 25.1 Å². The van der Waals surface area contributed by atoms with Gasteiger partial charge in [-0.05, 0) is 25.8 Å². The number of aromatic nitrogens is 2. The van der Waals surface area contributed by atoms with Gasteiger partial charge in [0.2, 0.25) is 5.91 Å². The summed E-state index contributed by atoms with van der Waals surface area (Å²) in [5.74, 6) is 1.34. The van der Waals surface area contributed by atoms with Crippen LogP contribution >= 0.6 is 23.1 Å². The maximum atomic E-state index is 10.9. The Morgan fingerprint density at radius 3 is 2.67 bits per heavy atom. The predicted octanol–water partition coefficient (Wildman–Crippen LogP) is 4.33. The van der Waals surface area contributed by atoms with Crippen molar-refractivity contribution in [3.05, 3.63) is 41.0 Å². The summed E-state index contributed by atoms with van der Waals surface area (Å²) in [4.78, 5) is 22.5. The molecule has 0 aliphatic heterocycles. The molecule has 0 radical (unpaired) electrons. The van der Waals surface area contributed by atoms with E-state index in [0.717, 1.165) is 33.2 Å². The lowest BCUT2D eigenvalue weighted by Crippen LogP contribution is -2.10. The van der Waals surface area contributed by atoms with E-state index in [4.69, 9.17) is 5.73 Å². The Hall–Kier alpha value is -1.92. The molecule has 3 rings (SSSR count). The Kier molecular flexibility index (Phi) is 5.16. The summed E-state index contributed by atoms with van der Waals surface area (Å²) in [5, 5.41) is 2.11. The lowest BCUT2D eigenvalue weighted by Gasteiger charge is -2.07. The number of hydrogen-bond donors (Lipinski definition) is 1. The summed E-state index contributed by atoms with van der Waals surface area (Å²) in [6.07, 6.45) is 1.17. The van der Waals surface area contributed by atoms with Crippen LogP contribution in [0.4, 0.5) is 0 Å². The summed E-state index contributed by atoms with van der Waals surface area (Å²) < 4.78 is 0. The molecule has 4 nitrogen and oxygen atoms in total. The first kappa shape index (κ1) is 16.9. The molecule has 0 bridgehead atoms. The second-order valence-corrected chi connectivity index (χ2v) is 7.86. The molecule has 0 fully saturated rings. The molecule has 3 aromatic rings. The number of amides is 1. The van der Waals surface area contributed by atoms with Gasteiger partial charge in [-0.3, -0.25) is 4.79 Å².